The molecule has 2 aromatic carbocycles. The van der Waals surface area contributed by atoms with Crippen molar-refractivity contribution in [1.82, 2.24) is 24.7 Å². The van der Waals surface area contributed by atoms with Gasteiger partial charge in [-0.15, -0.1) is 11.3 Å². The zero-order chi connectivity index (χ0) is 38.3. The molecule has 286 valence electrons. The first-order valence-corrected chi connectivity index (χ1v) is 18.9. The Morgan fingerprint density at radius 2 is 1.94 bits per heavy atom. The van der Waals surface area contributed by atoms with E-state index < -0.39 is 46.2 Å². The van der Waals surface area contributed by atoms with Crippen molar-refractivity contribution in [3.8, 4) is 23.2 Å². The van der Waals surface area contributed by atoms with Crippen LogP contribution in [0.3, 0.4) is 0 Å². The Hall–Kier alpha value is -4.56. The van der Waals surface area contributed by atoms with Crippen LogP contribution < -0.4 is 15.4 Å². The summed E-state index contributed by atoms with van der Waals surface area (Å²) in [5.74, 6) is -2.21. The van der Waals surface area contributed by atoms with Gasteiger partial charge in [0.15, 0.2) is 5.82 Å². The lowest BCUT2D eigenvalue weighted by atomic mass is 9.92. The number of hydrogen-bond donors (Lipinski definition) is 1. The number of likely N-dealkylation sites (N-methyl/N-ethyl adjacent to an activating group) is 1. The van der Waals surface area contributed by atoms with Crippen LogP contribution in [0.15, 0.2) is 18.2 Å². The number of nitriles is 1. The van der Waals surface area contributed by atoms with Gasteiger partial charge in [-0.3, -0.25) is 4.90 Å². The van der Waals surface area contributed by atoms with E-state index in [-0.39, 0.29) is 94.2 Å². The molecule has 2 amide bonds. The van der Waals surface area contributed by atoms with Crippen molar-refractivity contribution in [2.75, 3.05) is 57.0 Å². The topological polar surface area (TPSA) is 115 Å². The highest BCUT2D eigenvalue weighted by atomic mass is 32.1. The average molecular weight is 773 g/mol. The van der Waals surface area contributed by atoms with Gasteiger partial charge in [-0.05, 0) is 63.3 Å². The van der Waals surface area contributed by atoms with Crippen LogP contribution >= 0.6 is 11.3 Å². The van der Waals surface area contributed by atoms with E-state index in [4.69, 9.17) is 10.5 Å². The molecule has 54 heavy (non-hydrogen) atoms. The minimum atomic E-state index is -5.12. The van der Waals surface area contributed by atoms with E-state index >= 15 is 22.0 Å². The summed E-state index contributed by atoms with van der Waals surface area (Å²) in [6.45, 7) is 3.62. The summed E-state index contributed by atoms with van der Waals surface area (Å²) < 4.78 is 98.3. The number of benzene rings is 2. The molecule has 1 aliphatic carbocycles. The lowest BCUT2D eigenvalue weighted by molar-refractivity contribution is -0.137. The van der Waals surface area contributed by atoms with Crippen molar-refractivity contribution in [1.29, 1.82) is 5.26 Å². The van der Waals surface area contributed by atoms with E-state index in [0.29, 0.717) is 37.3 Å². The molecule has 1 saturated carbocycles. The van der Waals surface area contributed by atoms with Gasteiger partial charge in [0.2, 0.25) is 0 Å². The molecular formula is C37H38F6N8O2S. The highest BCUT2D eigenvalue weighted by Gasteiger charge is 2.49. The third-order valence-corrected chi connectivity index (χ3v) is 12.5. The number of anilines is 2. The van der Waals surface area contributed by atoms with Crippen molar-refractivity contribution < 1.29 is 35.9 Å². The number of likely N-dealkylation sites (tertiary alicyclic amines) is 1. The van der Waals surface area contributed by atoms with Crippen LogP contribution in [-0.2, 0) is 6.18 Å². The number of nitrogens with two attached hydrogens (primary N) is 1. The molecule has 0 bridgehead atoms. The molecular weight excluding hydrogens is 735 g/mol. The van der Waals surface area contributed by atoms with Crippen LogP contribution in [0.25, 0.3) is 32.1 Å². The number of rotatable bonds is 8. The number of aromatic nitrogens is 2. The van der Waals surface area contributed by atoms with Gasteiger partial charge in [0.1, 0.15) is 41.0 Å². The largest absolute Gasteiger partial charge is 0.461 e. The molecule has 3 saturated heterocycles. The van der Waals surface area contributed by atoms with Crippen molar-refractivity contribution in [3.63, 3.8) is 0 Å². The molecule has 3 unspecified atom stereocenters. The van der Waals surface area contributed by atoms with Crippen LogP contribution in [0.5, 0.6) is 6.01 Å². The Morgan fingerprint density at radius 3 is 2.65 bits per heavy atom. The summed E-state index contributed by atoms with van der Waals surface area (Å²) in [7, 11) is 1.75. The number of urea groups is 1. The number of ether oxygens (including phenoxy) is 1. The van der Waals surface area contributed by atoms with Crippen molar-refractivity contribution in [3.05, 3.63) is 41.0 Å². The van der Waals surface area contributed by atoms with E-state index in [1.165, 1.54) is 0 Å². The summed E-state index contributed by atoms with van der Waals surface area (Å²) in [5.41, 5.74) is 1.94. The van der Waals surface area contributed by atoms with Crippen LogP contribution in [0.4, 0.5) is 42.0 Å². The van der Waals surface area contributed by atoms with Crippen molar-refractivity contribution in [2.24, 2.45) is 0 Å². The second kappa shape index (κ2) is 13.3. The predicted octanol–water partition coefficient (Wildman–Crippen LogP) is 7.33. The van der Waals surface area contributed by atoms with E-state index in [0.717, 1.165) is 37.5 Å². The Balaban J connectivity index is 1.30. The number of nitrogen functional groups attached to an aromatic ring is 1. The molecule has 17 heteroatoms. The quantitative estimate of drug-likeness (QED) is 0.185. The average Bonchev–Trinajstić information content (AvgIpc) is 3.41. The van der Waals surface area contributed by atoms with E-state index in [9.17, 15) is 14.4 Å². The molecule has 4 aromatic rings. The zero-order valence-electron chi connectivity index (χ0n) is 29.6. The SMILES string of the molecule is CCN(c1nc(OCC23CCCN2CC(F)C3)nc2c(F)c(-c3ccc(F)c4sc(N)c(C#N)c34)c(C(F)(F)F)cc12)C1CCN(C(=O)N(C)C2CC2)C1. The second-order valence-corrected chi connectivity index (χ2v) is 15.8. The molecule has 3 aliphatic heterocycles. The molecule has 10 nitrogen and oxygen atoms in total. The first-order valence-electron chi connectivity index (χ1n) is 18.1. The maximum absolute atomic E-state index is 17.3. The standard InChI is InChI=1S/C37H38F6N8O2S/c1-3-51(21-9-12-49(17-21)35(52)48(2)20-5-6-20)33-23-13-25(37(41,42)43)28(22-7-8-26(39)31-27(22)24(15-44)32(45)54-31)29(40)30(23)46-34(47-33)53-18-36-10-4-11-50(36)16-19(38)14-36/h7-8,13,19-21H,3-6,9-12,14,16-18,45H2,1-2H3. The Kier molecular flexibility index (Phi) is 8.99. The number of carbonyl (C=O) groups is 1. The number of amides is 2. The minimum absolute atomic E-state index is 0.0133. The van der Waals surface area contributed by atoms with Gasteiger partial charge in [-0.2, -0.15) is 28.4 Å². The fraction of sp³-hybridized carbons (Fsp3) is 0.514. The Bertz CT molecular complexity index is 2210. The van der Waals surface area contributed by atoms with E-state index in [1.807, 2.05) is 11.0 Å². The molecule has 4 fully saturated rings. The molecule has 2 aromatic heterocycles. The lowest BCUT2D eigenvalue weighted by Gasteiger charge is -2.32. The van der Waals surface area contributed by atoms with Crippen molar-refractivity contribution in [2.45, 2.75) is 75.4 Å². The molecule has 0 radical (unpaired) electrons. The summed E-state index contributed by atoms with van der Waals surface area (Å²) in [6.07, 6.45) is -2.12. The highest BCUT2D eigenvalue weighted by molar-refractivity contribution is 7.23. The first-order chi connectivity index (χ1) is 25.7. The van der Waals surface area contributed by atoms with Crippen LogP contribution in [0, 0.1) is 23.0 Å². The third-order valence-electron chi connectivity index (χ3n) is 11.5. The predicted molar refractivity (Wildman–Crippen MR) is 192 cm³/mol. The van der Waals surface area contributed by atoms with Crippen LogP contribution in [0.1, 0.15) is 56.6 Å². The fourth-order valence-corrected chi connectivity index (χ4v) is 9.66. The maximum atomic E-state index is 17.3. The number of halogens is 6. The van der Waals surface area contributed by atoms with Gasteiger partial charge in [0.05, 0.1) is 21.4 Å². The number of alkyl halides is 4. The van der Waals surface area contributed by atoms with Gasteiger partial charge in [0.25, 0.3) is 0 Å². The summed E-state index contributed by atoms with van der Waals surface area (Å²) in [4.78, 5) is 29.5. The number of fused-ring (bicyclic) bond motifs is 3. The van der Waals surface area contributed by atoms with Crippen LogP contribution in [0.2, 0.25) is 0 Å². The number of hydrogen-bond acceptors (Lipinski definition) is 9. The molecule has 2 N–H and O–H groups in total. The molecule has 0 spiro atoms. The van der Waals surface area contributed by atoms with Gasteiger partial charge < -0.3 is 25.2 Å². The smallest absolute Gasteiger partial charge is 0.417 e. The Morgan fingerprint density at radius 1 is 1.17 bits per heavy atom. The van der Waals surface area contributed by atoms with Gasteiger partial charge in [0, 0.05) is 68.1 Å². The monoisotopic (exact) mass is 772 g/mol. The summed E-state index contributed by atoms with van der Waals surface area (Å²) in [6, 6.07) is 3.90. The number of thiophene rings is 1. The van der Waals surface area contributed by atoms with E-state index in [2.05, 4.69) is 9.97 Å². The molecule has 5 heterocycles. The fourth-order valence-electron chi connectivity index (χ4n) is 8.71. The molecule has 3 atom stereocenters. The summed E-state index contributed by atoms with van der Waals surface area (Å²) in [5, 5.41) is 9.28. The highest BCUT2D eigenvalue weighted by Crippen LogP contribution is 2.48. The number of carbonyl (C=O) groups excluding carboxylic acids is 1. The Labute approximate surface area is 311 Å². The maximum Gasteiger partial charge on any atom is 0.417 e. The van der Waals surface area contributed by atoms with Crippen LogP contribution in [-0.4, -0.2) is 101 Å². The minimum Gasteiger partial charge on any atom is -0.461 e. The van der Waals surface area contributed by atoms with E-state index in [1.54, 1.807) is 28.7 Å². The normalized spacial score (nSPS) is 23.0. The lowest BCUT2D eigenvalue weighted by Crippen LogP contribution is -2.44. The molecule has 4 aliphatic rings. The second-order valence-electron chi connectivity index (χ2n) is 14.8. The first kappa shape index (κ1) is 36.4. The number of nitrogens with zero attached hydrogens (tertiary/aromatic N) is 7. The zero-order valence-corrected chi connectivity index (χ0v) is 30.5. The van der Waals surface area contributed by atoms with Crippen molar-refractivity contribution >= 4 is 49.2 Å². The van der Waals surface area contributed by atoms with Gasteiger partial charge >= 0.3 is 18.2 Å². The van der Waals surface area contributed by atoms with Gasteiger partial charge in [-0.1, -0.05) is 6.07 Å². The third kappa shape index (κ3) is 6.01. The van der Waals surface area contributed by atoms with Gasteiger partial charge in [-0.25, -0.2) is 18.0 Å². The molecule has 8 rings (SSSR count). The summed E-state index contributed by atoms with van der Waals surface area (Å²) >= 11 is 0.685.